The van der Waals surface area contributed by atoms with E-state index in [9.17, 15) is 43.9 Å². The normalized spacial score (nSPS) is 15.8. The number of carbonyl (C=O) groups is 1. The maximum atomic E-state index is 14.5. The van der Waals surface area contributed by atoms with Crippen LogP contribution in [0.3, 0.4) is 0 Å². The van der Waals surface area contributed by atoms with E-state index < -0.39 is 78.0 Å². The van der Waals surface area contributed by atoms with Gasteiger partial charge in [0.1, 0.15) is 23.2 Å². The van der Waals surface area contributed by atoms with Crippen LogP contribution in [0.15, 0.2) is 24.4 Å². The summed E-state index contributed by atoms with van der Waals surface area (Å²) < 4.78 is 126. The summed E-state index contributed by atoms with van der Waals surface area (Å²) in [6.45, 7) is -4.40. The molecule has 1 N–H and O–H groups in total. The van der Waals surface area contributed by atoms with Crippen molar-refractivity contribution >= 4 is 39.3 Å². The van der Waals surface area contributed by atoms with Crippen LogP contribution in [0.2, 0.25) is 10.0 Å². The van der Waals surface area contributed by atoms with Crippen LogP contribution in [0.25, 0.3) is 0 Å². The maximum Gasteiger partial charge on any atom is 0.340 e. The second kappa shape index (κ2) is 10.7. The van der Waals surface area contributed by atoms with Crippen molar-refractivity contribution in [3.63, 3.8) is 0 Å². The molecule has 0 atom stereocenters. The van der Waals surface area contributed by atoms with E-state index in [1.54, 1.807) is 0 Å². The molecule has 18 heteroatoms. The minimum absolute atomic E-state index is 0.0333. The Morgan fingerprint density at radius 1 is 1.16 bits per heavy atom. The zero-order valence-electron chi connectivity index (χ0n) is 18.0. The van der Waals surface area contributed by atoms with Crippen LogP contribution < -0.4 is 14.2 Å². The first-order chi connectivity index (χ1) is 17.0. The number of hydrogen-bond acceptors (Lipinski definition) is 6. The van der Waals surface area contributed by atoms with Gasteiger partial charge in [-0.2, -0.15) is 21.5 Å². The van der Waals surface area contributed by atoms with E-state index in [2.05, 4.69) is 9.72 Å². The number of alkyl halides is 6. The highest BCUT2D eigenvalue weighted by Crippen LogP contribution is 2.31. The molecule has 0 aliphatic carbocycles. The number of aromatic nitrogens is 1. The van der Waals surface area contributed by atoms with Crippen molar-refractivity contribution in [1.82, 2.24) is 14.0 Å². The summed E-state index contributed by atoms with van der Waals surface area (Å²) in [5, 5.41) is -0.610. The van der Waals surface area contributed by atoms with Crippen LogP contribution in [0.1, 0.15) is 15.9 Å². The summed E-state index contributed by atoms with van der Waals surface area (Å²) in [5.74, 6) is -11.0. The molecule has 1 aromatic carbocycles. The van der Waals surface area contributed by atoms with Crippen LogP contribution in [-0.4, -0.2) is 61.6 Å². The third kappa shape index (κ3) is 7.06. The summed E-state index contributed by atoms with van der Waals surface area (Å²) in [6.07, 6.45) is -3.02. The number of nitrogens with one attached hydrogen (secondary N) is 1. The summed E-state index contributed by atoms with van der Waals surface area (Å²) in [5.41, 5.74) is -0.828. The highest BCUT2D eigenvalue weighted by Gasteiger charge is 2.50. The lowest BCUT2D eigenvalue weighted by Crippen LogP contribution is -2.61. The average molecular weight is 600 g/mol. The van der Waals surface area contributed by atoms with Gasteiger partial charge in [-0.3, -0.25) is 4.79 Å². The van der Waals surface area contributed by atoms with Gasteiger partial charge in [0.05, 0.1) is 24.8 Å². The van der Waals surface area contributed by atoms with Crippen LogP contribution in [0.5, 0.6) is 11.6 Å². The quantitative estimate of drug-likeness (QED) is 0.409. The van der Waals surface area contributed by atoms with E-state index in [4.69, 9.17) is 27.9 Å². The molecule has 0 bridgehead atoms. The van der Waals surface area contributed by atoms with Crippen molar-refractivity contribution in [2.45, 2.75) is 24.9 Å². The van der Waals surface area contributed by atoms with Gasteiger partial charge in [0.25, 0.3) is 11.8 Å². The van der Waals surface area contributed by atoms with Gasteiger partial charge in [0, 0.05) is 16.7 Å². The molecule has 1 aromatic heterocycles. The smallest absolute Gasteiger partial charge is 0.340 e. The van der Waals surface area contributed by atoms with E-state index in [1.807, 2.05) is 0 Å². The molecule has 1 fully saturated rings. The first-order valence-electron chi connectivity index (χ1n) is 9.76. The average Bonchev–Trinajstić information content (AvgIpc) is 2.76. The number of rotatable bonds is 10. The van der Waals surface area contributed by atoms with Crippen LogP contribution in [-0.2, 0) is 16.8 Å². The molecule has 1 saturated heterocycles. The summed E-state index contributed by atoms with van der Waals surface area (Å²) in [7, 11) is -4.64. The molecule has 0 unspecified atom stereocenters. The zero-order valence-corrected chi connectivity index (χ0v) is 20.3. The van der Waals surface area contributed by atoms with Crippen LogP contribution in [0.4, 0.5) is 30.7 Å². The Morgan fingerprint density at radius 3 is 2.38 bits per heavy atom. The number of nitrogens with zero attached hydrogens (tertiary/aromatic N) is 2. The Labute approximate surface area is 214 Å². The van der Waals surface area contributed by atoms with Gasteiger partial charge in [-0.05, 0) is 12.1 Å². The number of benzene rings is 1. The van der Waals surface area contributed by atoms with Crippen molar-refractivity contribution in [2.24, 2.45) is 0 Å². The predicted octanol–water partition coefficient (Wildman–Crippen LogP) is 4.31. The number of ether oxygens (including phenoxy) is 2. The van der Waals surface area contributed by atoms with E-state index in [-0.39, 0.29) is 21.4 Å². The third-order valence-electron chi connectivity index (χ3n) is 4.65. The fourth-order valence-corrected chi connectivity index (χ4v) is 4.35. The fourth-order valence-electron chi connectivity index (χ4n) is 2.73. The van der Waals surface area contributed by atoms with Gasteiger partial charge < -0.3 is 9.47 Å². The lowest BCUT2D eigenvalue weighted by atomic mass is 10.1. The molecule has 204 valence electrons. The molecule has 1 aliphatic rings. The first-order valence-corrected chi connectivity index (χ1v) is 12.0. The summed E-state index contributed by atoms with van der Waals surface area (Å²) in [4.78, 5) is 15.8. The van der Waals surface area contributed by atoms with E-state index in [0.717, 1.165) is 24.4 Å². The molecule has 0 spiro atoms. The standard InChI is InChI=1S/C19H14Cl2F7N3O5S/c20-12-3-11(15(32)30-37(33,34)31-6-18(25,26)7-31)14(22)1-9(12)5-35-10-2-13(21)16(29-4-10)36-8-19(27,28)17(23)24/h1-4,17H,5-8H2,(H,30,32). The Morgan fingerprint density at radius 2 is 1.81 bits per heavy atom. The largest absolute Gasteiger partial charge is 0.487 e. The summed E-state index contributed by atoms with van der Waals surface area (Å²) >= 11 is 11.8. The van der Waals surface area contributed by atoms with Gasteiger partial charge in [0.2, 0.25) is 5.88 Å². The van der Waals surface area contributed by atoms with E-state index in [1.165, 1.54) is 4.72 Å². The van der Waals surface area contributed by atoms with Crippen molar-refractivity contribution in [3.8, 4) is 11.6 Å². The molecule has 2 heterocycles. The van der Waals surface area contributed by atoms with Gasteiger partial charge in [-0.1, -0.05) is 23.2 Å². The zero-order chi connectivity index (χ0) is 27.8. The molecule has 0 radical (unpaired) electrons. The molecule has 2 aromatic rings. The van der Waals surface area contributed by atoms with Crippen molar-refractivity contribution < 1.29 is 53.4 Å². The van der Waals surface area contributed by atoms with Crippen molar-refractivity contribution in [2.75, 3.05) is 19.7 Å². The topological polar surface area (TPSA) is 97.8 Å². The minimum atomic E-state index is -4.64. The number of pyridine rings is 1. The molecule has 1 aliphatic heterocycles. The van der Waals surface area contributed by atoms with Gasteiger partial charge in [-0.25, -0.2) is 31.7 Å². The van der Waals surface area contributed by atoms with Crippen LogP contribution in [0, 0.1) is 5.82 Å². The van der Waals surface area contributed by atoms with E-state index in [0.29, 0.717) is 4.31 Å². The van der Waals surface area contributed by atoms with E-state index >= 15 is 0 Å². The molecule has 37 heavy (non-hydrogen) atoms. The number of amides is 1. The number of hydrogen-bond donors (Lipinski definition) is 1. The van der Waals surface area contributed by atoms with Gasteiger partial charge in [-0.15, -0.1) is 0 Å². The SMILES string of the molecule is O=C(NS(=O)(=O)N1CC(F)(F)C1)c1cc(Cl)c(COc2cnc(OCC(F)(F)C(F)F)c(Cl)c2)cc1F. The Balaban J connectivity index is 1.63. The second-order valence-electron chi connectivity index (χ2n) is 7.58. The third-order valence-corrected chi connectivity index (χ3v) is 6.66. The van der Waals surface area contributed by atoms with Gasteiger partial charge in [0.15, 0.2) is 6.61 Å². The molecule has 1 amide bonds. The fraction of sp³-hybridized carbons (Fsp3) is 0.368. The highest BCUT2D eigenvalue weighted by atomic mass is 35.5. The molecular formula is C19H14Cl2F7N3O5S. The highest BCUT2D eigenvalue weighted by molar-refractivity contribution is 7.87. The predicted molar refractivity (Wildman–Crippen MR) is 114 cm³/mol. The summed E-state index contributed by atoms with van der Waals surface area (Å²) in [6, 6.07) is 2.58. The molecule has 0 saturated carbocycles. The lowest BCUT2D eigenvalue weighted by molar-refractivity contribution is -0.148. The maximum absolute atomic E-state index is 14.5. The number of carbonyl (C=O) groups excluding carboxylic acids is 1. The van der Waals surface area contributed by atoms with Crippen molar-refractivity contribution in [3.05, 3.63) is 51.4 Å². The monoisotopic (exact) mass is 599 g/mol. The molecule has 8 nitrogen and oxygen atoms in total. The Bertz CT molecular complexity index is 1290. The number of halogens is 9. The van der Waals surface area contributed by atoms with Crippen molar-refractivity contribution in [1.29, 1.82) is 0 Å². The molecule has 3 rings (SSSR count). The molecular weight excluding hydrogens is 586 g/mol. The first kappa shape index (κ1) is 29.0. The lowest BCUT2D eigenvalue weighted by Gasteiger charge is -2.37. The van der Waals surface area contributed by atoms with Gasteiger partial charge >= 0.3 is 22.6 Å². The second-order valence-corrected chi connectivity index (χ2v) is 10.1. The Kier molecular flexibility index (Phi) is 8.36. The Hall–Kier alpha value is -2.56. The minimum Gasteiger partial charge on any atom is -0.487 e. The van der Waals surface area contributed by atoms with Crippen LogP contribution >= 0.6 is 23.2 Å².